The Morgan fingerprint density at radius 3 is 2.10 bits per heavy atom. The topological polar surface area (TPSA) is 0 Å². The lowest BCUT2D eigenvalue weighted by Gasteiger charge is -1.90. The first-order valence-corrected chi connectivity index (χ1v) is 3.50. The Bertz CT molecular complexity index is 203. The van der Waals surface area contributed by atoms with Gasteiger partial charge in [0.05, 0.1) is 0 Å². The summed E-state index contributed by atoms with van der Waals surface area (Å²) in [7, 11) is 0. The molecule has 0 aliphatic heterocycles. The molecule has 1 aromatic carbocycles. The summed E-state index contributed by atoms with van der Waals surface area (Å²) in [5.41, 5.74) is 1.15. The standard InChI is InChI=1S/C8H7Br.Mg.2H/c1-2-7-3-5-8(9)6-4-7;;;/h2-6H,1H2;;;. The lowest BCUT2D eigenvalue weighted by Crippen LogP contribution is -1.67. The molecule has 0 amide bonds. The van der Waals surface area contributed by atoms with E-state index in [9.17, 15) is 0 Å². The normalized spacial score (nSPS) is 8.10. The quantitative estimate of drug-likeness (QED) is 0.622. The molecule has 0 saturated carbocycles. The van der Waals surface area contributed by atoms with Crippen molar-refractivity contribution in [3.63, 3.8) is 0 Å². The summed E-state index contributed by atoms with van der Waals surface area (Å²) in [6, 6.07) is 8.02. The highest BCUT2D eigenvalue weighted by atomic mass is 79.9. The Hall–Kier alpha value is 0.206. The zero-order chi connectivity index (χ0) is 6.69. The molecule has 0 unspecified atom stereocenters. The zero-order valence-corrected chi connectivity index (χ0v) is 6.56. The molecule has 0 aliphatic carbocycles. The minimum absolute atomic E-state index is 0. The molecule has 50 valence electrons. The van der Waals surface area contributed by atoms with Crippen LogP contribution in [0.4, 0.5) is 0 Å². The summed E-state index contributed by atoms with van der Waals surface area (Å²) in [5, 5.41) is 0. The molecule has 0 heterocycles. The lowest BCUT2D eigenvalue weighted by atomic mass is 10.2. The lowest BCUT2D eigenvalue weighted by molar-refractivity contribution is 1.62. The molecule has 0 saturated heterocycles. The van der Waals surface area contributed by atoms with Gasteiger partial charge in [-0.25, -0.2) is 0 Å². The van der Waals surface area contributed by atoms with E-state index in [2.05, 4.69) is 22.5 Å². The second-order valence-corrected chi connectivity index (χ2v) is 2.67. The second-order valence-electron chi connectivity index (χ2n) is 1.76. The molecule has 0 N–H and O–H groups in total. The largest absolute Gasteiger partial charge is 0.316 e. The molecule has 0 spiro atoms. The Labute approximate surface area is 85.6 Å². The van der Waals surface area contributed by atoms with Crippen LogP contribution in [0.5, 0.6) is 0 Å². The average Bonchev–Trinajstić information content (AvgIpc) is 1.90. The third-order valence-corrected chi connectivity index (χ3v) is 1.63. The molecule has 0 nitrogen and oxygen atoms in total. The van der Waals surface area contributed by atoms with E-state index in [4.69, 9.17) is 0 Å². The van der Waals surface area contributed by atoms with Crippen LogP contribution in [-0.4, -0.2) is 23.1 Å². The minimum atomic E-state index is 0. The van der Waals surface area contributed by atoms with Crippen molar-refractivity contribution < 1.29 is 0 Å². The smallest absolute Gasteiger partial charge is 0.0985 e. The maximum Gasteiger partial charge on any atom is 0.316 e. The maximum absolute atomic E-state index is 3.65. The molecule has 0 bridgehead atoms. The fraction of sp³-hybridized carbons (Fsp3) is 0. The van der Waals surface area contributed by atoms with Crippen molar-refractivity contribution in [2.45, 2.75) is 0 Å². The van der Waals surface area contributed by atoms with Gasteiger partial charge in [0.1, 0.15) is 0 Å². The Balaban J connectivity index is 0.000000810. The summed E-state index contributed by atoms with van der Waals surface area (Å²) in [6.45, 7) is 3.65. The van der Waals surface area contributed by atoms with Crippen LogP contribution in [0.3, 0.4) is 0 Å². The van der Waals surface area contributed by atoms with Gasteiger partial charge in [-0.15, -0.1) is 0 Å². The SMILES string of the molecule is C=Cc1ccc(Br)cc1.[MgH2]. The van der Waals surface area contributed by atoms with Crippen LogP contribution in [0.2, 0.25) is 0 Å². The first-order valence-electron chi connectivity index (χ1n) is 2.71. The number of hydrogen-bond acceptors (Lipinski definition) is 0. The van der Waals surface area contributed by atoms with Crippen LogP contribution in [0, 0.1) is 0 Å². The molecular formula is C8H9BrMg. The summed E-state index contributed by atoms with van der Waals surface area (Å²) < 4.78 is 1.10. The molecule has 0 atom stereocenters. The summed E-state index contributed by atoms with van der Waals surface area (Å²) in [6.07, 6.45) is 1.83. The van der Waals surface area contributed by atoms with Crippen molar-refractivity contribution in [2.75, 3.05) is 0 Å². The van der Waals surface area contributed by atoms with Gasteiger partial charge in [0, 0.05) is 4.47 Å². The highest BCUT2D eigenvalue weighted by Crippen LogP contribution is 2.10. The van der Waals surface area contributed by atoms with E-state index in [-0.39, 0.29) is 23.1 Å². The third-order valence-electron chi connectivity index (χ3n) is 1.11. The van der Waals surface area contributed by atoms with Crippen molar-refractivity contribution in [1.82, 2.24) is 0 Å². The molecule has 0 aromatic heterocycles. The van der Waals surface area contributed by atoms with Crippen molar-refractivity contribution in [2.24, 2.45) is 0 Å². The van der Waals surface area contributed by atoms with Crippen LogP contribution in [-0.2, 0) is 0 Å². The zero-order valence-electron chi connectivity index (χ0n) is 4.97. The van der Waals surface area contributed by atoms with E-state index in [0.29, 0.717) is 0 Å². The molecule has 0 aliphatic rings. The first kappa shape index (κ1) is 10.2. The van der Waals surface area contributed by atoms with Crippen LogP contribution in [0.1, 0.15) is 5.56 Å². The number of halogens is 1. The number of rotatable bonds is 1. The van der Waals surface area contributed by atoms with Gasteiger partial charge >= 0.3 is 23.1 Å². The van der Waals surface area contributed by atoms with Gasteiger partial charge in [-0.2, -0.15) is 0 Å². The van der Waals surface area contributed by atoms with Crippen molar-refractivity contribution in [3.05, 3.63) is 40.9 Å². The van der Waals surface area contributed by atoms with Gasteiger partial charge in [0.2, 0.25) is 0 Å². The first-order chi connectivity index (χ1) is 4.33. The molecule has 10 heavy (non-hydrogen) atoms. The number of benzene rings is 1. The Morgan fingerprint density at radius 2 is 1.70 bits per heavy atom. The van der Waals surface area contributed by atoms with E-state index in [0.717, 1.165) is 10.0 Å². The van der Waals surface area contributed by atoms with Gasteiger partial charge < -0.3 is 0 Å². The van der Waals surface area contributed by atoms with Crippen LogP contribution in [0.25, 0.3) is 6.08 Å². The Kier molecular flexibility index (Phi) is 5.04. The van der Waals surface area contributed by atoms with Crippen LogP contribution >= 0.6 is 15.9 Å². The van der Waals surface area contributed by atoms with E-state index in [1.165, 1.54) is 0 Å². The predicted octanol–water partition coefficient (Wildman–Crippen LogP) is 2.18. The molecule has 2 heteroatoms. The molecule has 0 fully saturated rings. The van der Waals surface area contributed by atoms with Crippen molar-refractivity contribution >= 4 is 45.1 Å². The molecular weight excluding hydrogens is 200 g/mol. The van der Waals surface area contributed by atoms with Gasteiger partial charge in [-0.1, -0.05) is 40.7 Å². The maximum atomic E-state index is 3.65. The summed E-state index contributed by atoms with van der Waals surface area (Å²) in [4.78, 5) is 0. The Morgan fingerprint density at radius 1 is 1.20 bits per heavy atom. The summed E-state index contributed by atoms with van der Waals surface area (Å²) >= 11 is 3.34. The minimum Gasteiger partial charge on any atom is -0.0985 e. The van der Waals surface area contributed by atoms with E-state index >= 15 is 0 Å². The molecule has 0 radical (unpaired) electrons. The highest BCUT2D eigenvalue weighted by molar-refractivity contribution is 9.10. The predicted molar refractivity (Wildman–Crippen MR) is 52.8 cm³/mol. The van der Waals surface area contributed by atoms with Crippen molar-refractivity contribution in [1.29, 1.82) is 0 Å². The van der Waals surface area contributed by atoms with E-state index in [1.807, 2.05) is 30.3 Å². The van der Waals surface area contributed by atoms with E-state index < -0.39 is 0 Å². The van der Waals surface area contributed by atoms with Gasteiger partial charge in [-0.05, 0) is 17.7 Å². The van der Waals surface area contributed by atoms with Crippen LogP contribution < -0.4 is 0 Å². The van der Waals surface area contributed by atoms with E-state index in [1.54, 1.807) is 0 Å². The fourth-order valence-corrected chi connectivity index (χ4v) is 0.863. The van der Waals surface area contributed by atoms with Gasteiger partial charge in [0.15, 0.2) is 0 Å². The third kappa shape index (κ3) is 2.86. The summed E-state index contributed by atoms with van der Waals surface area (Å²) in [5.74, 6) is 0. The van der Waals surface area contributed by atoms with Gasteiger partial charge in [-0.3, -0.25) is 0 Å². The average molecular weight is 209 g/mol. The van der Waals surface area contributed by atoms with Crippen LogP contribution in [0.15, 0.2) is 35.3 Å². The molecule has 1 rings (SSSR count). The monoisotopic (exact) mass is 208 g/mol. The molecule has 1 aromatic rings. The second kappa shape index (κ2) is 4.94. The van der Waals surface area contributed by atoms with Gasteiger partial charge in [0.25, 0.3) is 0 Å². The highest BCUT2D eigenvalue weighted by Gasteiger charge is 1.83. The fourth-order valence-electron chi connectivity index (χ4n) is 0.599. The number of hydrogen-bond donors (Lipinski definition) is 0. The van der Waals surface area contributed by atoms with Crippen molar-refractivity contribution in [3.8, 4) is 0 Å².